The Labute approximate surface area is 121 Å². The molecule has 0 heterocycles. The number of carboxylic acids is 1. The average molecular weight is 285 g/mol. The first-order valence-corrected chi connectivity index (χ1v) is 7.42. The molecule has 0 aromatic heterocycles. The molecular weight excluding hydrogens is 258 g/mol. The maximum absolute atomic E-state index is 12.0. The zero-order valence-electron chi connectivity index (χ0n) is 12.8. The highest BCUT2D eigenvalue weighted by Gasteiger charge is 2.27. The lowest BCUT2D eigenvalue weighted by Crippen LogP contribution is -2.46. The van der Waals surface area contributed by atoms with Gasteiger partial charge in [0, 0.05) is 25.7 Å². The molecule has 116 valence electrons. The van der Waals surface area contributed by atoms with E-state index in [-0.39, 0.29) is 18.5 Å². The minimum atomic E-state index is -0.978. The minimum Gasteiger partial charge on any atom is -0.480 e. The van der Waals surface area contributed by atoms with Gasteiger partial charge >= 0.3 is 12.0 Å². The third kappa shape index (κ3) is 6.23. The Bertz CT molecular complexity index is 330. The van der Waals surface area contributed by atoms with Crippen molar-refractivity contribution in [2.24, 2.45) is 5.92 Å². The van der Waals surface area contributed by atoms with E-state index in [0.717, 1.165) is 13.1 Å². The molecule has 0 spiro atoms. The monoisotopic (exact) mass is 285 g/mol. The molecule has 1 rings (SSSR count). The Morgan fingerprint density at radius 1 is 1.35 bits per heavy atom. The lowest BCUT2D eigenvalue weighted by molar-refractivity contribution is -0.137. The molecule has 0 saturated heterocycles. The number of carbonyl (C=O) groups is 2. The third-order valence-electron chi connectivity index (χ3n) is 3.34. The number of likely N-dealkylation sites (N-methyl/N-ethyl adjacent to an activating group) is 1. The van der Waals surface area contributed by atoms with Gasteiger partial charge < -0.3 is 15.3 Å². The summed E-state index contributed by atoms with van der Waals surface area (Å²) < 4.78 is 0. The van der Waals surface area contributed by atoms with Gasteiger partial charge in [-0.3, -0.25) is 9.69 Å². The second-order valence-corrected chi connectivity index (χ2v) is 5.76. The zero-order chi connectivity index (χ0) is 15.1. The molecule has 6 heteroatoms. The van der Waals surface area contributed by atoms with Gasteiger partial charge in [-0.25, -0.2) is 4.79 Å². The fraction of sp³-hybridized carbons (Fsp3) is 0.857. The van der Waals surface area contributed by atoms with Crippen molar-refractivity contribution in [2.75, 3.05) is 32.7 Å². The van der Waals surface area contributed by atoms with Gasteiger partial charge in [0.25, 0.3) is 0 Å². The Kier molecular flexibility index (Phi) is 6.78. The van der Waals surface area contributed by atoms with E-state index in [9.17, 15) is 9.59 Å². The Hall–Kier alpha value is -1.30. The van der Waals surface area contributed by atoms with Crippen molar-refractivity contribution in [1.82, 2.24) is 15.1 Å². The van der Waals surface area contributed by atoms with Crippen LogP contribution in [-0.4, -0.2) is 65.7 Å². The van der Waals surface area contributed by atoms with Crippen molar-refractivity contribution in [3.8, 4) is 0 Å². The molecule has 0 unspecified atom stereocenters. The lowest BCUT2D eigenvalue weighted by atomic mass is 10.2. The van der Waals surface area contributed by atoms with E-state index in [0.29, 0.717) is 19.1 Å². The molecule has 1 aliphatic rings. The van der Waals surface area contributed by atoms with Crippen LogP contribution in [0.15, 0.2) is 0 Å². The predicted octanol–water partition coefficient (Wildman–Crippen LogP) is 1.22. The molecule has 1 saturated carbocycles. The van der Waals surface area contributed by atoms with Crippen LogP contribution >= 0.6 is 0 Å². The highest BCUT2D eigenvalue weighted by Crippen LogP contribution is 2.25. The van der Waals surface area contributed by atoms with Crippen LogP contribution in [0.2, 0.25) is 0 Å². The number of nitrogens with one attached hydrogen (secondary N) is 1. The molecule has 0 aliphatic heterocycles. The van der Waals surface area contributed by atoms with Gasteiger partial charge in [-0.05, 0) is 25.3 Å². The summed E-state index contributed by atoms with van der Waals surface area (Å²) >= 11 is 0. The van der Waals surface area contributed by atoms with Gasteiger partial charge in [0.05, 0.1) is 0 Å². The first-order chi connectivity index (χ1) is 9.43. The minimum absolute atomic E-state index is 0.246. The smallest absolute Gasteiger partial charge is 0.323 e. The van der Waals surface area contributed by atoms with E-state index in [2.05, 4.69) is 17.1 Å². The van der Waals surface area contributed by atoms with Crippen molar-refractivity contribution in [3.05, 3.63) is 0 Å². The molecule has 1 fully saturated rings. The van der Waals surface area contributed by atoms with Gasteiger partial charge in [-0.15, -0.1) is 0 Å². The first kappa shape index (κ1) is 16.8. The standard InChI is InChI=1S/C14H27N3O3/c1-4-16(12-5-6-12)8-7-15-14(20)17(9-11(2)3)10-13(18)19/h11-12H,4-10H2,1-3H3,(H,15,20)(H,18,19). The van der Waals surface area contributed by atoms with E-state index in [4.69, 9.17) is 5.11 Å². The largest absolute Gasteiger partial charge is 0.480 e. The lowest BCUT2D eigenvalue weighted by Gasteiger charge is -2.24. The highest BCUT2D eigenvalue weighted by atomic mass is 16.4. The van der Waals surface area contributed by atoms with Crippen molar-refractivity contribution < 1.29 is 14.7 Å². The van der Waals surface area contributed by atoms with Gasteiger partial charge in [-0.1, -0.05) is 20.8 Å². The predicted molar refractivity (Wildman–Crippen MR) is 77.7 cm³/mol. The number of carboxylic acid groups (broad SMARTS) is 1. The van der Waals surface area contributed by atoms with Crippen molar-refractivity contribution in [3.63, 3.8) is 0 Å². The molecule has 1 aliphatic carbocycles. The molecule has 2 amide bonds. The van der Waals surface area contributed by atoms with Crippen molar-refractivity contribution in [1.29, 1.82) is 0 Å². The molecule has 0 aromatic carbocycles. The topological polar surface area (TPSA) is 72.9 Å². The number of amides is 2. The average Bonchev–Trinajstić information content (AvgIpc) is 3.16. The van der Waals surface area contributed by atoms with E-state index in [1.165, 1.54) is 17.7 Å². The summed E-state index contributed by atoms with van der Waals surface area (Å²) in [6.07, 6.45) is 2.50. The number of carbonyl (C=O) groups excluding carboxylic acids is 1. The normalized spacial score (nSPS) is 14.7. The number of rotatable bonds is 9. The van der Waals surface area contributed by atoms with E-state index < -0.39 is 5.97 Å². The quantitative estimate of drug-likeness (QED) is 0.668. The van der Waals surface area contributed by atoms with E-state index in [1.54, 1.807) is 0 Å². The van der Waals surface area contributed by atoms with E-state index >= 15 is 0 Å². The first-order valence-electron chi connectivity index (χ1n) is 7.42. The Morgan fingerprint density at radius 2 is 2.00 bits per heavy atom. The molecule has 0 radical (unpaired) electrons. The van der Waals surface area contributed by atoms with Crippen LogP contribution in [0.3, 0.4) is 0 Å². The number of aliphatic carboxylic acids is 1. The van der Waals surface area contributed by atoms with Crippen LogP contribution in [-0.2, 0) is 4.79 Å². The van der Waals surface area contributed by atoms with Crippen molar-refractivity contribution >= 4 is 12.0 Å². The Morgan fingerprint density at radius 3 is 2.45 bits per heavy atom. The second-order valence-electron chi connectivity index (χ2n) is 5.76. The summed E-state index contributed by atoms with van der Waals surface area (Å²) in [7, 11) is 0. The number of hydrogen-bond donors (Lipinski definition) is 2. The highest BCUT2D eigenvalue weighted by molar-refractivity contribution is 5.80. The van der Waals surface area contributed by atoms with E-state index in [1.807, 2.05) is 13.8 Å². The summed E-state index contributed by atoms with van der Waals surface area (Å²) in [5.74, 6) is -0.729. The number of hydrogen-bond acceptors (Lipinski definition) is 3. The van der Waals surface area contributed by atoms with Crippen LogP contribution in [0, 0.1) is 5.92 Å². The van der Waals surface area contributed by atoms with Gasteiger partial charge in [0.15, 0.2) is 0 Å². The maximum atomic E-state index is 12.0. The van der Waals surface area contributed by atoms with Gasteiger partial charge in [-0.2, -0.15) is 0 Å². The van der Waals surface area contributed by atoms with Crippen molar-refractivity contribution in [2.45, 2.75) is 39.7 Å². The van der Waals surface area contributed by atoms with Crippen LogP contribution in [0.4, 0.5) is 4.79 Å². The second kappa shape index (κ2) is 8.09. The fourth-order valence-corrected chi connectivity index (χ4v) is 2.28. The summed E-state index contributed by atoms with van der Waals surface area (Å²) in [5.41, 5.74) is 0. The Balaban J connectivity index is 2.34. The van der Waals surface area contributed by atoms with Gasteiger partial charge in [0.1, 0.15) is 6.54 Å². The van der Waals surface area contributed by atoms with Crippen LogP contribution in [0.1, 0.15) is 33.6 Å². The fourth-order valence-electron chi connectivity index (χ4n) is 2.28. The summed E-state index contributed by atoms with van der Waals surface area (Å²) in [5, 5.41) is 11.7. The molecular formula is C14H27N3O3. The van der Waals surface area contributed by atoms with Crippen LogP contribution in [0.25, 0.3) is 0 Å². The van der Waals surface area contributed by atoms with Crippen LogP contribution < -0.4 is 5.32 Å². The maximum Gasteiger partial charge on any atom is 0.323 e. The molecule has 6 nitrogen and oxygen atoms in total. The summed E-state index contributed by atoms with van der Waals surface area (Å²) in [6.45, 7) is 8.65. The summed E-state index contributed by atoms with van der Waals surface area (Å²) in [6, 6.07) is 0.399. The van der Waals surface area contributed by atoms with Gasteiger partial charge in [0.2, 0.25) is 0 Å². The number of nitrogens with zero attached hydrogens (tertiary/aromatic N) is 2. The molecule has 20 heavy (non-hydrogen) atoms. The summed E-state index contributed by atoms with van der Waals surface area (Å²) in [4.78, 5) is 26.5. The molecule has 0 bridgehead atoms. The molecule has 0 aromatic rings. The van der Waals surface area contributed by atoms with Crippen LogP contribution in [0.5, 0.6) is 0 Å². The SMILES string of the molecule is CCN(CCNC(=O)N(CC(=O)O)CC(C)C)C1CC1. The zero-order valence-corrected chi connectivity index (χ0v) is 12.8. The molecule has 2 N–H and O–H groups in total. The third-order valence-corrected chi connectivity index (χ3v) is 3.34. The number of urea groups is 1. The molecule has 0 atom stereocenters.